The van der Waals surface area contributed by atoms with E-state index in [1.54, 1.807) is 0 Å². The van der Waals surface area contributed by atoms with Crippen molar-refractivity contribution in [3.8, 4) is 0 Å². The first-order valence-electron chi connectivity index (χ1n) is 6.82. The summed E-state index contributed by atoms with van der Waals surface area (Å²) in [5, 5.41) is 3.51. The van der Waals surface area contributed by atoms with Crippen LogP contribution in [0.15, 0.2) is 0 Å². The van der Waals surface area contributed by atoms with Crippen molar-refractivity contribution < 1.29 is 8.42 Å². The van der Waals surface area contributed by atoms with Crippen LogP contribution in [0, 0.1) is 5.92 Å². The minimum Gasteiger partial charge on any atom is -0.311 e. The van der Waals surface area contributed by atoms with Crippen molar-refractivity contribution in [3.63, 3.8) is 0 Å². The van der Waals surface area contributed by atoms with Gasteiger partial charge in [-0.25, -0.2) is 8.42 Å². The molecule has 3 fully saturated rings. The summed E-state index contributed by atoms with van der Waals surface area (Å²) in [6, 6.07) is 0.417. The van der Waals surface area contributed by atoms with Crippen molar-refractivity contribution in [2.75, 3.05) is 31.1 Å². The van der Waals surface area contributed by atoms with Crippen molar-refractivity contribution in [1.29, 1.82) is 0 Å². The van der Waals surface area contributed by atoms with Crippen LogP contribution >= 0.6 is 0 Å². The average Bonchev–Trinajstić information content (AvgIpc) is 2.83. The Kier molecular flexibility index (Phi) is 3.17. The van der Waals surface area contributed by atoms with Gasteiger partial charge in [-0.05, 0) is 51.2 Å². The van der Waals surface area contributed by atoms with E-state index in [1.165, 1.54) is 25.7 Å². The van der Waals surface area contributed by atoms with Crippen molar-refractivity contribution in [3.05, 3.63) is 0 Å². The van der Waals surface area contributed by atoms with Gasteiger partial charge in [0.05, 0.1) is 11.5 Å². The van der Waals surface area contributed by atoms with Crippen LogP contribution in [0.2, 0.25) is 0 Å². The molecule has 17 heavy (non-hydrogen) atoms. The molecule has 4 nitrogen and oxygen atoms in total. The van der Waals surface area contributed by atoms with Crippen LogP contribution in [0.4, 0.5) is 0 Å². The lowest BCUT2D eigenvalue weighted by Crippen LogP contribution is -2.48. The SMILES string of the molecule is O=S1(=O)C[C@H](NCC2CC2)[C@H](N2CCCC2)C1. The molecule has 3 aliphatic rings. The molecule has 2 heterocycles. The smallest absolute Gasteiger partial charge is 0.153 e. The minimum absolute atomic E-state index is 0.179. The van der Waals surface area contributed by atoms with Gasteiger partial charge in [-0.3, -0.25) is 4.90 Å². The molecule has 0 aromatic heterocycles. The molecule has 1 saturated carbocycles. The molecule has 0 bridgehead atoms. The van der Waals surface area contributed by atoms with Crippen LogP contribution in [0.1, 0.15) is 25.7 Å². The maximum Gasteiger partial charge on any atom is 0.153 e. The Balaban J connectivity index is 1.64. The van der Waals surface area contributed by atoms with Gasteiger partial charge in [0.25, 0.3) is 0 Å². The van der Waals surface area contributed by atoms with Crippen LogP contribution in [0.5, 0.6) is 0 Å². The molecule has 0 aromatic rings. The first kappa shape index (κ1) is 11.9. The highest BCUT2D eigenvalue weighted by Crippen LogP contribution is 2.29. The Morgan fingerprint density at radius 1 is 1.12 bits per heavy atom. The number of likely N-dealkylation sites (tertiary alicyclic amines) is 1. The van der Waals surface area contributed by atoms with Crippen molar-refractivity contribution in [2.45, 2.75) is 37.8 Å². The Hall–Kier alpha value is -0.130. The first-order chi connectivity index (χ1) is 8.14. The Labute approximate surface area is 104 Å². The van der Waals surface area contributed by atoms with E-state index in [9.17, 15) is 8.42 Å². The maximum absolute atomic E-state index is 11.8. The molecule has 5 heteroatoms. The maximum atomic E-state index is 11.8. The fraction of sp³-hybridized carbons (Fsp3) is 1.00. The number of hydrogen-bond donors (Lipinski definition) is 1. The third-order valence-corrected chi connectivity index (χ3v) is 6.01. The van der Waals surface area contributed by atoms with Crippen molar-refractivity contribution in [2.24, 2.45) is 5.92 Å². The summed E-state index contributed by atoms with van der Waals surface area (Å²) >= 11 is 0. The largest absolute Gasteiger partial charge is 0.311 e. The lowest BCUT2D eigenvalue weighted by molar-refractivity contribution is 0.225. The zero-order valence-electron chi connectivity index (χ0n) is 10.3. The monoisotopic (exact) mass is 258 g/mol. The molecule has 0 aromatic carbocycles. The third kappa shape index (κ3) is 2.83. The van der Waals surface area contributed by atoms with E-state index in [2.05, 4.69) is 10.2 Å². The number of nitrogens with zero attached hydrogens (tertiary/aromatic N) is 1. The van der Waals surface area contributed by atoms with E-state index in [0.29, 0.717) is 11.5 Å². The van der Waals surface area contributed by atoms with Gasteiger partial charge >= 0.3 is 0 Å². The van der Waals surface area contributed by atoms with Crippen LogP contribution < -0.4 is 5.32 Å². The quantitative estimate of drug-likeness (QED) is 0.785. The van der Waals surface area contributed by atoms with E-state index in [1.807, 2.05) is 0 Å². The third-order valence-electron chi connectivity index (χ3n) is 4.30. The molecule has 0 amide bonds. The van der Waals surface area contributed by atoms with Gasteiger partial charge in [0.2, 0.25) is 0 Å². The predicted molar refractivity (Wildman–Crippen MR) is 67.8 cm³/mol. The number of hydrogen-bond acceptors (Lipinski definition) is 4. The minimum atomic E-state index is -2.81. The Bertz CT molecular complexity index is 372. The zero-order chi connectivity index (χ0) is 11.9. The van der Waals surface area contributed by atoms with E-state index in [0.717, 1.165) is 25.6 Å². The zero-order valence-corrected chi connectivity index (χ0v) is 11.1. The van der Waals surface area contributed by atoms with Crippen molar-refractivity contribution >= 4 is 9.84 Å². The first-order valence-corrected chi connectivity index (χ1v) is 8.64. The highest BCUT2D eigenvalue weighted by molar-refractivity contribution is 7.91. The molecule has 2 aliphatic heterocycles. The molecule has 2 saturated heterocycles. The fourth-order valence-electron chi connectivity index (χ4n) is 3.10. The second-order valence-electron chi connectivity index (χ2n) is 5.85. The molecule has 2 atom stereocenters. The van der Waals surface area contributed by atoms with Gasteiger partial charge in [-0.15, -0.1) is 0 Å². The second-order valence-corrected chi connectivity index (χ2v) is 8.00. The van der Waals surface area contributed by atoms with Gasteiger partial charge in [0, 0.05) is 12.1 Å². The number of sulfone groups is 1. The van der Waals surface area contributed by atoms with E-state index in [-0.39, 0.29) is 12.1 Å². The summed E-state index contributed by atoms with van der Waals surface area (Å²) in [5.74, 6) is 1.54. The van der Waals surface area contributed by atoms with Gasteiger partial charge in [0.15, 0.2) is 9.84 Å². The molecule has 3 rings (SSSR count). The summed E-state index contributed by atoms with van der Waals surface area (Å²) in [7, 11) is -2.81. The second kappa shape index (κ2) is 4.52. The summed E-state index contributed by atoms with van der Waals surface area (Å²) in [4.78, 5) is 2.38. The normalized spacial score (nSPS) is 37.6. The fourth-order valence-corrected chi connectivity index (χ4v) is 5.08. The van der Waals surface area contributed by atoms with Gasteiger partial charge in [-0.1, -0.05) is 0 Å². The average molecular weight is 258 g/mol. The number of rotatable bonds is 4. The summed E-state index contributed by atoms with van der Waals surface area (Å²) < 4.78 is 23.6. The molecule has 1 aliphatic carbocycles. The molecule has 98 valence electrons. The summed E-state index contributed by atoms with van der Waals surface area (Å²) in [5.41, 5.74) is 0. The van der Waals surface area contributed by atoms with Crippen LogP contribution in [-0.2, 0) is 9.84 Å². The van der Waals surface area contributed by atoms with E-state index in [4.69, 9.17) is 0 Å². The molecule has 0 unspecified atom stereocenters. The summed E-state index contributed by atoms with van der Waals surface area (Å²) in [6.07, 6.45) is 5.10. The summed E-state index contributed by atoms with van der Waals surface area (Å²) in [6.45, 7) is 3.19. The van der Waals surface area contributed by atoms with E-state index < -0.39 is 9.84 Å². The van der Waals surface area contributed by atoms with Crippen LogP contribution in [0.3, 0.4) is 0 Å². The molecular weight excluding hydrogens is 236 g/mol. The van der Waals surface area contributed by atoms with Crippen LogP contribution in [0.25, 0.3) is 0 Å². The lowest BCUT2D eigenvalue weighted by Gasteiger charge is -2.28. The highest BCUT2D eigenvalue weighted by atomic mass is 32.2. The lowest BCUT2D eigenvalue weighted by atomic mass is 10.1. The van der Waals surface area contributed by atoms with Crippen LogP contribution in [-0.4, -0.2) is 56.5 Å². The number of nitrogens with one attached hydrogen (secondary N) is 1. The van der Waals surface area contributed by atoms with Gasteiger partial charge in [0.1, 0.15) is 0 Å². The molecular formula is C12H22N2O2S. The molecule has 0 radical (unpaired) electrons. The van der Waals surface area contributed by atoms with E-state index >= 15 is 0 Å². The van der Waals surface area contributed by atoms with Gasteiger partial charge in [-0.2, -0.15) is 0 Å². The van der Waals surface area contributed by atoms with Gasteiger partial charge < -0.3 is 5.32 Å². The Morgan fingerprint density at radius 3 is 2.47 bits per heavy atom. The predicted octanol–water partition coefficient (Wildman–Crippen LogP) is 0.247. The molecule has 0 spiro atoms. The topological polar surface area (TPSA) is 49.4 Å². The van der Waals surface area contributed by atoms with Crippen molar-refractivity contribution in [1.82, 2.24) is 10.2 Å². The highest BCUT2D eigenvalue weighted by Gasteiger charge is 2.41. The standard InChI is InChI=1S/C12H22N2O2S/c15-17(16)8-11(13-7-10-3-4-10)12(9-17)14-5-1-2-6-14/h10-13H,1-9H2/t11-,12+/m0/s1. The molecule has 1 N–H and O–H groups in total. The Morgan fingerprint density at radius 2 is 1.82 bits per heavy atom.